The molecule has 0 saturated carbocycles. The normalized spacial score (nSPS) is 12.9. The summed E-state index contributed by atoms with van der Waals surface area (Å²) in [4.78, 5) is 15.6. The van der Waals surface area contributed by atoms with Gasteiger partial charge in [0.05, 0.1) is 0 Å². The van der Waals surface area contributed by atoms with Crippen molar-refractivity contribution in [3.63, 3.8) is 0 Å². The topological polar surface area (TPSA) is 46.9 Å². The third-order valence-electron chi connectivity index (χ3n) is 2.75. The lowest BCUT2D eigenvalue weighted by Gasteiger charge is -2.16. The van der Waals surface area contributed by atoms with Gasteiger partial charge in [0, 0.05) is 26.0 Å². The molecule has 15 heavy (non-hydrogen) atoms. The zero-order valence-electron chi connectivity index (χ0n) is 9.82. The Kier molecular flexibility index (Phi) is 3.88. The maximum Gasteiger partial charge on any atom is 0.293 e. The van der Waals surface area contributed by atoms with Gasteiger partial charge in [-0.05, 0) is 11.8 Å². The van der Waals surface area contributed by atoms with Crippen molar-refractivity contribution in [1.82, 2.24) is 9.55 Å². The number of aromatic nitrogens is 2. The summed E-state index contributed by atoms with van der Waals surface area (Å²) in [6.45, 7) is 7.28. The van der Waals surface area contributed by atoms with Crippen molar-refractivity contribution in [3.8, 4) is 0 Å². The lowest BCUT2D eigenvalue weighted by molar-refractivity contribution is 0.439. The molecule has 1 unspecified atom stereocenters. The van der Waals surface area contributed by atoms with Crippen molar-refractivity contribution >= 4 is 5.82 Å². The molecule has 84 valence electrons. The first-order valence-corrected chi connectivity index (χ1v) is 5.28. The molecule has 4 heteroatoms. The molecule has 1 aromatic heterocycles. The Hall–Kier alpha value is -1.32. The van der Waals surface area contributed by atoms with Crippen LogP contribution in [0.3, 0.4) is 0 Å². The quantitative estimate of drug-likeness (QED) is 0.817. The molecule has 1 atom stereocenters. The maximum absolute atomic E-state index is 11.6. The fourth-order valence-corrected chi connectivity index (χ4v) is 1.11. The van der Waals surface area contributed by atoms with Crippen molar-refractivity contribution < 1.29 is 0 Å². The predicted molar refractivity (Wildman–Crippen MR) is 62.0 cm³/mol. The molecule has 0 fully saturated rings. The van der Waals surface area contributed by atoms with Gasteiger partial charge in [-0.2, -0.15) is 0 Å². The smallest absolute Gasteiger partial charge is 0.293 e. The lowest BCUT2D eigenvalue weighted by Crippen LogP contribution is -2.25. The minimum atomic E-state index is -0.0755. The zero-order valence-corrected chi connectivity index (χ0v) is 9.82. The second-order valence-electron chi connectivity index (χ2n) is 4.29. The van der Waals surface area contributed by atoms with Crippen molar-refractivity contribution in [2.45, 2.75) is 20.8 Å². The van der Waals surface area contributed by atoms with Crippen molar-refractivity contribution in [2.24, 2.45) is 18.9 Å². The van der Waals surface area contributed by atoms with Crippen LogP contribution in [0.1, 0.15) is 20.8 Å². The van der Waals surface area contributed by atoms with E-state index < -0.39 is 0 Å². The third-order valence-corrected chi connectivity index (χ3v) is 2.75. The molecule has 0 bridgehead atoms. The van der Waals surface area contributed by atoms with Gasteiger partial charge in [0.2, 0.25) is 0 Å². The SMILES string of the molecule is CC(C)C(C)CNc1nccn(C)c1=O. The molecule has 0 saturated heterocycles. The number of hydrogen-bond acceptors (Lipinski definition) is 3. The summed E-state index contributed by atoms with van der Waals surface area (Å²) < 4.78 is 1.52. The van der Waals surface area contributed by atoms with E-state index in [0.717, 1.165) is 6.54 Å². The number of hydrogen-bond donors (Lipinski definition) is 1. The summed E-state index contributed by atoms with van der Waals surface area (Å²) >= 11 is 0. The Bertz CT molecular complexity index is 370. The minimum absolute atomic E-state index is 0.0755. The zero-order chi connectivity index (χ0) is 11.4. The van der Waals surface area contributed by atoms with Crippen LogP contribution in [0, 0.1) is 11.8 Å². The second kappa shape index (κ2) is 4.96. The van der Waals surface area contributed by atoms with Crippen molar-refractivity contribution in [1.29, 1.82) is 0 Å². The standard InChI is InChI=1S/C11H19N3O/c1-8(2)9(3)7-13-10-11(15)14(4)6-5-12-10/h5-6,8-9H,7H2,1-4H3,(H,12,13). The summed E-state index contributed by atoms with van der Waals surface area (Å²) in [6.07, 6.45) is 3.28. The fourth-order valence-electron chi connectivity index (χ4n) is 1.11. The first-order chi connectivity index (χ1) is 7.02. The molecule has 1 rings (SSSR count). The van der Waals surface area contributed by atoms with Gasteiger partial charge in [-0.15, -0.1) is 0 Å². The highest BCUT2D eigenvalue weighted by atomic mass is 16.1. The summed E-state index contributed by atoms with van der Waals surface area (Å²) in [5.41, 5.74) is -0.0755. The second-order valence-corrected chi connectivity index (χ2v) is 4.29. The Morgan fingerprint density at radius 1 is 1.47 bits per heavy atom. The van der Waals surface area contributed by atoms with Crippen LogP contribution < -0.4 is 10.9 Å². The summed E-state index contributed by atoms with van der Waals surface area (Å²) in [5, 5.41) is 3.09. The van der Waals surface area contributed by atoms with Gasteiger partial charge in [-0.25, -0.2) is 4.98 Å². The molecule has 0 aromatic carbocycles. The van der Waals surface area contributed by atoms with Gasteiger partial charge in [-0.3, -0.25) is 4.79 Å². The average Bonchev–Trinajstić information content (AvgIpc) is 2.19. The number of anilines is 1. The average molecular weight is 209 g/mol. The van der Waals surface area contributed by atoms with E-state index in [9.17, 15) is 4.79 Å². The van der Waals surface area contributed by atoms with Gasteiger partial charge in [0.25, 0.3) is 5.56 Å². The molecule has 1 N–H and O–H groups in total. The highest BCUT2D eigenvalue weighted by Crippen LogP contribution is 2.09. The first kappa shape index (κ1) is 11.8. The Balaban J connectivity index is 2.66. The molecule has 1 aromatic rings. The molecular formula is C11H19N3O. The van der Waals surface area contributed by atoms with Gasteiger partial charge in [0.1, 0.15) is 0 Å². The summed E-state index contributed by atoms with van der Waals surface area (Å²) in [6, 6.07) is 0. The highest BCUT2D eigenvalue weighted by Gasteiger charge is 2.08. The number of rotatable bonds is 4. The molecule has 0 aliphatic rings. The highest BCUT2D eigenvalue weighted by molar-refractivity contribution is 5.30. The number of nitrogens with zero attached hydrogens (tertiary/aromatic N) is 2. The van der Waals surface area contributed by atoms with E-state index in [2.05, 4.69) is 31.1 Å². The molecule has 0 aliphatic carbocycles. The van der Waals surface area contributed by atoms with Gasteiger partial charge in [-0.1, -0.05) is 20.8 Å². The van der Waals surface area contributed by atoms with Gasteiger partial charge in [0.15, 0.2) is 5.82 Å². The first-order valence-electron chi connectivity index (χ1n) is 5.28. The van der Waals surface area contributed by atoms with Crippen LogP contribution in [0.4, 0.5) is 5.82 Å². The van der Waals surface area contributed by atoms with Crippen molar-refractivity contribution in [2.75, 3.05) is 11.9 Å². The van der Waals surface area contributed by atoms with Crippen LogP contribution >= 0.6 is 0 Å². The molecule has 1 heterocycles. The van der Waals surface area contributed by atoms with E-state index in [1.165, 1.54) is 4.57 Å². The Morgan fingerprint density at radius 3 is 2.73 bits per heavy atom. The largest absolute Gasteiger partial charge is 0.365 e. The van der Waals surface area contributed by atoms with E-state index in [4.69, 9.17) is 0 Å². The molecule has 0 amide bonds. The van der Waals surface area contributed by atoms with E-state index in [1.54, 1.807) is 19.4 Å². The molecule has 0 radical (unpaired) electrons. The van der Waals surface area contributed by atoms with Crippen molar-refractivity contribution in [3.05, 3.63) is 22.7 Å². The van der Waals surface area contributed by atoms with Crippen LogP contribution in [-0.2, 0) is 7.05 Å². The summed E-state index contributed by atoms with van der Waals surface area (Å²) in [5.74, 6) is 1.56. The van der Waals surface area contributed by atoms with E-state index in [1.807, 2.05) is 0 Å². The Labute approximate surface area is 90.3 Å². The van der Waals surface area contributed by atoms with Crippen LogP contribution in [0.15, 0.2) is 17.2 Å². The third kappa shape index (κ3) is 3.08. The molecule has 4 nitrogen and oxygen atoms in total. The maximum atomic E-state index is 11.6. The monoisotopic (exact) mass is 209 g/mol. The molecule has 0 aliphatic heterocycles. The van der Waals surface area contributed by atoms with E-state index in [-0.39, 0.29) is 5.56 Å². The predicted octanol–water partition coefficient (Wildman–Crippen LogP) is 1.48. The van der Waals surface area contributed by atoms with Crippen LogP contribution in [0.5, 0.6) is 0 Å². The lowest BCUT2D eigenvalue weighted by atomic mass is 9.98. The number of aryl methyl sites for hydroxylation is 1. The number of nitrogens with one attached hydrogen (secondary N) is 1. The van der Waals surface area contributed by atoms with Crippen LogP contribution in [0.2, 0.25) is 0 Å². The van der Waals surface area contributed by atoms with Gasteiger partial charge < -0.3 is 9.88 Å². The molecule has 0 spiro atoms. The van der Waals surface area contributed by atoms with Crippen LogP contribution in [0.25, 0.3) is 0 Å². The van der Waals surface area contributed by atoms with E-state index >= 15 is 0 Å². The Morgan fingerprint density at radius 2 is 2.13 bits per heavy atom. The van der Waals surface area contributed by atoms with Gasteiger partial charge >= 0.3 is 0 Å². The fraction of sp³-hybridized carbons (Fsp3) is 0.636. The summed E-state index contributed by atoms with van der Waals surface area (Å²) in [7, 11) is 1.72. The van der Waals surface area contributed by atoms with E-state index in [0.29, 0.717) is 17.7 Å². The molecular weight excluding hydrogens is 190 g/mol. The van der Waals surface area contributed by atoms with Crippen LogP contribution in [-0.4, -0.2) is 16.1 Å². The minimum Gasteiger partial charge on any atom is -0.365 e.